The number of benzene rings is 1. The van der Waals surface area contributed by atoms with E-state index in [2.05, 4.69) is 6.58 Å². The van der Waals surface area contributed by atoms with E-state index in [-0.39, 0.29) is 0 Å². The standard InChI is InChI=1S/C23H31NO7/c1-8-19(25)24-10-9-15-11-17(28-6)18(29-7)12-16(15)21(24)20(22(26)30-13(2)3)23(27)31-14(4)5/h8,11-14,20-21H,1,9-10H2,2-7H3. The number of methoxy groups -OCH3 is 2. The molecule has 0 aromatic heterocycles. The summed E-state index contributed by atoms with van der Waals surface area (Å²) < 4.78 is 21.6. The van der Waals surface area contributed by atoms with E-state index in [1.165, 1.54) is 19.1 Å². The average Bonchev–Trinajstić information content (AvgIpc) is 2.71. The van der Waals surface area contributed by atoms with Crippen LogP contribution in [0.1, 0.15) is 44.9 Å². The summed E-state index contributed by atoms with van der Waals surface area (Å²) in [6.45, 7) is 10.6. The second kappa shape index (κ2) is 10.3. The first kappa shape index (κ1) is 24.2. The molecule has 0 fully saturated rings. The fraction of sp³-hybridized carbons (Fsp3) is 0.522. The Morgan fingerprint density at radius 2 is 1.52 bits per heavy atom. The van der Waals surface area contributed by atoms with E-state index in [9.17, 15) is 14.4 Å². The van der Waals surface area contributed by atoms with Crippen molar-refractivity contribution in [2.24, 2.45) is 5.92 Å². The zero-order valence-corrected chi connectivity index (χ0v) is 19.0. The molecule has 1 aliphatic rings. The molecule has 0 aliphatic carbocycles. The Morgan fingerprint density at radius 3 is 1.97 bits per heavy atom. The molecule has 8 nitrogen and oxygen atoms in total. The Hall–Kier alpha value is -3.03. The summed E-state index contributed by atoms with van der Waals surface area (Å²) >= 11 is 0. The fourth-order valence-electron chi connectivity index (χ4n) is 3.67. The van der Waals surface area contributed by atoms with Gasteiger partial charge >= 0.3 is 11.9 Å². The fourth-order valence-corrected chi connectivity index (χ4v) is 3.67. The van der Waals surface area contributed by atoms with E-state index >= 15 is 0 Å². The van der Waals surface area contributed by atoms with Crippen molar-refractivity contribution in [3.63, 3.8) is 0 Å². The number of hydrogen-bond donors (Lipinski definition) is 0. The Morgan fingerprint density at radius 1 is 1.00 bits per heavy atom. The summed E-state index contributed by atoms with van der Waals surface area (Å²) in [7, 11) is 3.02. The van der Waals surface area contributed by atoms with Gasteiger partial charge in [-0.3, -0.25) is 14.4 Å². The van der Waals surface area contributed by atoms with E-state index in [4.69, 9.17) is 18.9 Å². The van der Waals surface area contributed by atoms with Crippen molar-refractivity contribution in [1.29, 1.82) is 0 Å². The molecule has 2 rings (SSSR count). The second-order valence-corrected chi connectivity index (χ2v) is 7.79. The van der Waals surface area contributed by atoms with Gasteiger partial charge in [-0.25, -0.2) is 0 Å². The van der Waals surface area contributed by atoms with E-state index in [0.717, 1.165) is 11.6 Å². The molecule has 1 unspecified atom stereocenters. The maximum atomic E-state index is 13.1. The van der Waals surface area contributed by atoms with Gasteiger partial charge < -0.3 is 23.8 Å². The van der Waals surface area contributed by atoms with Gasteiger partial charge in [0.25, 0.3) is 0 Å². The molecule has 31 heavy (non-hydrogen) atoms. The third-order valence-electron chi connectivity index (χ3n) is 4.91. The van der Waals surface area contributed by atoms with Crippen LogP contribution in [0.5, 0.6) is 11.5 Å². The van der Waals surface area contributed by atoms with Crippen LogP contribution >= 0.6 is 0 Å². The van der Waals surface area contributed by atoms with Gasteiger partial charge in [-0.05, 0) is 63.5 Å². The summed E-state index contributed by atoms with van der Waals surface area (Å²) in [5.41, 5.74) is 1.45. The molecule has 0 spiro atoms. The van der Waals surface area contributed by atoms with Crippen LogP contribution in [0.4, 0.5) is 0 Å². The third kappa shape index (κ3) is 5.37. The number of rotatable bonds is 8. The first-order valence-electron chi connectivity index (χ1n) is 10.2. The number of nitrogens with zero attached hydrogens (tertiary/aromatic N) is 1. The third-order valence-corrected chi connectivity index (χ3v) is 4.91. The minimum absolute atomic E-state index is 0.290. The Kier molecular flexibility index (Phi) is 8.08. The molecule has 1 atom stereocenters. The molecule has 0 saturated carbocycles. The highest BCUT2D eigenvalue weighted by Gasteiger charge is 2.46. The quantitative estimate of drug-likeness (QED) is 0.354. The predicted molar refractivity (Wildman–Crippen MR) is 114 cm³/mol. The van der Waals surface area contributed by atoms with E-state index in [1.807, 2.05) is 0 Å². The highest BCUT2D eigenvalue weighted by atomic mass is 16.6. The predicted octanol–water partition coefficient (Wildman–Crippen LogP) is 2.84. The van der Waals surface area contributed by atoms with Crippen LogP contribution in [0.3, 0.4) is 0 Å². The van der Waals surface area contributed by atoms with Crippen molar-refractivity contribution in [1.82, 2.24) is 4.90 Å². The van der Waals surface area contributed by atoms with Crippen molar-refractivity contribution >= 4 is 17.8 Å². The molecule has 1 aliphatic heterocycles. The first-order valence-corrected chi connectivity index (χ1v) is 10.2. The largest absolute Gasteiger partial charge is 0.493 e. The molecule has 8 heteroatoms. The normalized spacial score (nSPS) is 15.5. The zero-order valence-electron chi connectivity index (χ0n) is 19.0. The van der Waals surface area contributed by atoms with Crippen molar-refractivity contribution in [3.05, 3.63) is 35.9 Å². The summed E-state index contributed by atoms with van der Waals surface area (Å²) in [6.07, 6.45) is 0.784. The van der Waals surface area contributed by atoms with Gasteiger partial charge in [0.1, 0.15) is 0 Å². The molecule has 1 aromatic carbocycles. The number of esters is 2. The van der Waals surface area contributed by atoms with Crippen LogP contribution in [0.15, 0.2) is 24.8 Å². The Balaban J connectivity index is 2.70. The second-order valence-electron chi connectivity index (χ2n) is 7.79. The van der Waals surface area contributed by atoms with Crippen LogP contribution in [0.2, 0.25) is 0 Å². The SMILES string of the molecule is C=CC(=O)N1CCc2cc(OC)c(OC)cc2C1C(C(=O)OC(C)C)C(=O)OC(C)C. The maximum absolute atomic E-state index is 13.1. The summed E-state index contributed by atoms with van der Waals surface area (Å²) in [5.74, 6) is -2.33. The molecule has 1 heterocycles. The molecule has 1 amide bonds. The van der Waals surface area contributed by atoms with Crippen molar-refractivity contribution in [2.75, 3.05) is 20.8 Å². The number of ether oxygens (including phenoxy) is 4. The summed E-state index contributed by atoms with van der Waals surface area (Å²) in [6, 6.07) is 2.56. The summed E-state index contributed by atoms with van der Waals surface area (Å²) in [5, 5.41) is 0. The number of hydrogen-bond acceptors (Lipinski definition) is 7. The van der Waals surface area contributed by atoms with Crippen LogP contribution in [-0.2, 0) is 30.3 Å². The highest BCUT2D eigenvalue weighted by Crippen LogP contribution is 2.42. The minimum Gasteiger partial charge on any atom is -0.493 e. The van der Waals surface area contributed by atoms with Crippen molar-refractivity contribution in [2.45, 2.75) is 52.4 Å². The Bertz CT molecular complexity index is 825. The lowest BCUT2D eigenvalue weighted by Crippen LogP contribution is -2.48. The van der Waals surface area contributed by atoms with Gasteiger partial charge in [0.15, 0.2) is 17.4 Å². The highest BCUT2D eigenvalue weighted by molar-refractivity contribution is 5.97. The van der Waals surface area contributed by atoms with Gasteiger partial charge in [-0.15, -0.1) is 0 Å². The monoisotopic (exact) mass is 433 g/mol. The van der Waals surface area contributed by atoms with Crippen molar-refractivity contribution in [3.8, 4) is 11.5 Å². The maximum Gasteiger partial charge on any atom is 0.323 e. The number of amides is 1. The van der Waals surface area contributed by atoms with Crippen LogP contribution in [-0.4, -0.2) is 55.7 Å². The summed E-state index contributed by atoms with van der Waals surface area (Å²) in [4.78, 5) is 40.3. The number of carbonyl (C=O) groups is 3. The van der Waals surface area contributed by atoms with Gasteiger partial charge in [0, 0.05) is 6.54 Å². The topological polar surface area (TPSA) is 91.4 Å². The molecule has 170 valence electrons. The van der Waals surface area contributed by atoms with Crippen LogP contribution in [0, 0.1) is 5.92 Å². The van der Waals surface area contributed by atoms with Gasteiger partial charge in [-0.2, -0.15) is 0 Å². The van der Waals surface area contributed by atoms with Gasteiger partial charge in [0.05, 0.1) is 32.5 Å². The number of fused-ring (bicyclic) bond motifs is 1. The smallest absolute Gasteiger partial charge is 0.323 e. The first-order chi connectivity index (χ1) is 14.6. The molecule has 0 radical (unpaired) electrons. The molecule has 1 aromatic rings. The number of carbonyl (C=O) groups excluding carboxylic acids is 3. The molecular formula is C23H31NO7. The average molecular weight is 434 g/mol. The van der Waals surface area contributed by atoms with Crippen LogP contribution < -0.4 is 9.47 Å². The minimum atomic E-state index is -1.37. The van der Waals surface area contributed by atoms with E-state index in [1.54, 1.807) is 39.8 Å². The van der Waals surface area contributed by atoms with Crippen LogP contribution in [0.25, 0.3) is 0 Å². The lowest BCUT2D eigenvalue weighted by atomic mass is 9.83. The van der Waals surface area contributed by atoms with E-state index in [0.29, 0.717) is 30.0 Å². The molecule has 0 bridgehead atoms. The zero-order chi connectivity index (χ0) is 23.3. The lowest BCUT2D eigenvalue weighted by molar-refractivity contribution is -0.170. The molecule has 0 N–H and O–H groups in total. The van der Waals surface area contributed by atoms with E-state index < -0.39 is 42.0 Å². The van der Waals surface area contributed by atoms with Crippen molar-refractivity contribution < 1.29 is 33.3 Å². The van der Waals surface area contributed by atoms with Gasteiger partial charge in [-0.1, -0.05) is 6.58 Å². The lowest BCUT2D eigenvalue weighted by Gasteiger charge is -2.40. The molecular weight excluding hydrogens is 402 g/mol. The Labute approximate surface area is 183 Å². The molecule has 0 saturated heterocycles. The van der Waals surface area contributed by atoms with Gasteiger partial charge in [0.2, 0.25) is 5.91 Å².